The summed E-state index contributed by atoms with van der Waals surface area (Å²) in [5, 5.41) is 10.4. The molecule has 38 heavy (non-hydrogen) atoms. The Morgan fingerprint density at radius 2 is 1.97 bits per heavy atom. The maximum atomic E-state index is 12.9. The summed E-state index contributed by atoms with van der Waals surface area (Å²) in [5.41, 5.74) is 2.26. The average Bonchev–Trinajstić information content (AvgIpc) is 3.28. The lowest BCUT2D eigenvalue weighted by molar-refractivity contribution is -0.133. The van der Waals surface area contributed by atoms with Crippen LogP contribution in [0, 0.1) is 16.7 Å². The number of pyridine rings is 1. The van der Waals surface area contributed by atoms with Gasteiger partial charge in [0, 0.05) is 57.6 Å². The summed E-state index contributed by atoms with van der Waals surface area (Å²) in [6, 6.07) is 5.76. The van der Waals surface area contributed by atoms with Crippen molar-refractivity contribution < 1.29 is 9.53 Å². The highest BCUT2D eigenvalue weighted by Gasteiger charge is 2.32. The Hall–Kier alpha value is -3.71. The van der Waals surface area contributed by atoms with Crippen molar-refractivity contribution in [2.75, 3.05) is 49.1 Å². The van der Waals surface area contributed by atoms with Crippen LogP contribution in [-0.2, 0) is 9.53 Å². The standard InChI is InChI=1S/C28H36N8O2/c1-19-15-34(24(37)13-28(3,4)5)8-9-35(19)26-25-22(33-10-11-38-20(2)16-33)17-36(27(25)32-18-31-26)23-12-21(14-29)6-7-30-23/h6-7,12,17-20H,8-11,13,15-16H2,1-5H3/t19-,20+/m0/s1. The predicted octanol–water partition coefficient (Wildman–Crippen LogP) is 3.39. The van der Waals surface area contributed by atoms with Crippen LogP contribution >= 0.6 is 0 Å². The Balaban J connectivity index is 1.56. The van der Waals surface area contributed by atoms with Crippen molar-refractivity contribution in [3.05, 3.63) is 36.4 Å². The lowest BCUT2D eigenvalue weighted by Gasteiger charge is -2.41. The summed E-state index contributed by atoms with van der Waals surface area (Å²) in [6.07, 6.45) is 5.94. The molecule has 0 spiro atoms. The number of piperazine rings is 1. The van der Waals surface area contributed by atoms with Crippen LogP contribution in [0.2, 0.25) is 0 Å². The molecule has 5 heterocycles. The minimum absolute atomic E-state index is 0.0414. The van der Waals surface area contributed by atoms with Gasteiger partial charge in [0.15, 0.2) is 5.65 Å². The fourth-order valence-electron chi connectivity index (χ4n) is 5.38. The number of carbonyl (C=O) groups excluding carboxylic acids is 1. The second kappa shape index (κ2) is 10.2. The summed E-state index contributed by atoms with van der Waals surface area (Å²) >= 11 is 0. The topological polar surface area (TPSA) is 103 Å². The zero-order valence-electron chi connectivity index (χ0n) is 22.9. The lowest BCUT2D eigenvalue weighted by atomic mass is 9.91. The van der Waals surface area contributed by atoms with Gasteiger partial charge >= 0.3 is 0 Å². The molecule has 2 aliphatic rings. The predicted molar refractivity (Wildman–Crippen MR) is 146 cm³/mol. The maximum Gasteiger partial charge on any atom is 0.223 e. The number of amides is 1. The highest BCUT2D eigenvalue weighted by atomic mass is 16.5. The summed E-state index contributed by atoms with van der Waals surface area (Å²) in [4.78, 5) is 33.6. The van der Waals surface area contributed by atoms with Crippen molar-refractivity contribution in [1.82, 2.24) is 24.4 Å². The molecule has 0 aromatic carbocycles. The number of rotatable bonds is 4. The van der Waals surface area contributed by atoms with E-state index in [4.69, 9.17) is 14.7 Å². The molecule has 5 rings (SSSR count). The van der Waals surface area contributed by atoms with Gasteiger partial charge in [-0.25, -0.2) is 15.0 Å². The van der Waals surface area contributed by atoms with E-state index in [2.05, 4.69) is 61.7 Å². The van der Waals surface area contributed by atoms with Gasteiger partial charge in [-0.3, -0.25) is 9.36 Å². The van der Waals surface area contributed by atoms with E-state index in [1.807, 2.05) is 9.47 Å². The third-order valence-electron chi connectivity index (χ3n) is 7.18. The second-order valence-electron chi connectivity index (χ2n) is 11.5. The van der Waals surface area contributed by atoms with Crippen LogP contribution < -0.4 is 9.80 Å². The molecule has 2 saturated heterocycles. The number of hydrogen-bond acceptors (Lipinski definition) is 8. The van der Waals surface area contributed by atoms with E-state index in [0.29, 0.717) is 44.0 Å². The molecule has 10 heteroatoms. The Morgan fingerprint density at radius 3 is 2.68 bits per heavy atom. The van der Waals surface area contributed by atoms with Gasteiger partial charge in [0.25, 0.3) is 0 Å². The lowest BCUT2D eigenvalue weighted by Crippen LogP contribution is -2.54. The molecule has 2 fully saturated rings. The smallest absolute Gasteiger partial charge is 0.223 e. The molecule has 1 amide bonds. The molecule has 2 atom stereocenters. The first-order valence-electron chi connectivity index (χ1n) is 13.3. The van der Waals surface area contributed by atoms with Gasteiger partial charge in [0.05, 0.1) is 35.4 Å². The largest absolute Gasteiger partial charge is 0.375 e. The molecule has 0 N–H and O–H groups in total. The van der Waals surface area contributed by atoms with Gasteiger partial charge in [-0.1, -0.05) is 20.8 Å². The van der Waals surface area contributed by atoms with Crippen molar-refractivity contribution in [2.24, 2.45) is 5.41 Å². The molecule has 10 nitrogen and oxygen atoms in total. The first-order chi connectivity index (χ1) is 18.1. The van der Waals surface area contributed by atoms with Crippen LogP contribution in [0.4, 0.5) is 11.5 Å². The van der Waals surface area contributed by atoms with Gasteiger partial charge < -0.3 is 19.4 Å². The zero-order valence-corrected chi connectivity index (χ0v) is 22.9. The molecule has 0 bridgehead atoms. The Morgan fingerprint density at radius 1 is 1.16 bits per heavy atom. The first kappa shape index (κ1) is 25.9. The number of nitrogens with zero attached hydrogens (tertiary/aromatic N) is 8. The minimum atomic E-state index is -0.0414. The molecule has 3 aromatic heterocycles. The third kappa shape index (κ3) is 5.16. The average molecular weight is 517 g/mol. The molecule has 0 unspecified atom stereocenters. The van der Waals surface area contributed by atoms with Crippen LogP contribution in [-0.4, -0.2) is 81.8 Å². The van der Waals surface area contributed by atoms with Crippen LogP contribution in [0.15, 0.2) is 30.9 Å². The molecular weight excluding hydrogens is 480 g/mol. The van der Waals surface area contributed by atoms with E-state index in [-0.39, 0.29) is 23.5 Å². The van der Waals surface area contributed by atoms with E-state index in [1.165, 1.54) is 0 Å². The molecule has 0 saturated carbocycles. The van der Waals surface area contributed by atoms with E-state index < -0.39 is 0 Å². The number of hydrogen-bond donors (Lipinski definition) is 0. The maximum absolute atomic E-state index is 12.9. The summed E-state index contributed by atoms with van der Waals surface area (Å²) in [5.74, 6) is 1.70. The number of fused-ring (bicyclic) bond motifs is 1. The van der Waals surface area contributed by atoms with Crippen molar-refractivity contribution >= 4 is 28.4 Å². The van der Waals surface area contributed by atoms with Crippen molar-refractivity contribution in [3.63, 3.8) is 0 Å². The zero-order chi connectivity index (χ0) is 27.0. The number of morpholine rings is 1. The third-order valence-corrected chi connectivity index (χ3v) is 7.18. The Kier molecular flexibility index (Phi) is 6.97. The van der Waals surface area contributed by atoms with Crippen LogP contribution in [0.25, 0.3) is 16.9 Å². The van der Waals surface area contributed by atoms with Crippen molar-refractivity contribution in [3.8, 4) is 11.9 Å². The minimum Gasteiger partial charge on any atom is -0.375 e. The van der Waals surface area contributed by atoms with Gasteiger partial charge in [-0.2, -0.15) is 5.26 Å². The molecule has 200 valence electrons. The fraction of sp³-hybridized carbons (Fsp3) is 0.536. The number of nitriles is 1. The number of aromatic nitrogens is 4. The van der Waals surface area contributed by atoms with Crippen LogP contribution in [0.3, 0.4) is 0 Å². The number of anilines is 2. The summed E-state index contributed by atoms with van der Waals surface area (Å²) in [6.45, 7) is 14.7. The first-order valence-corrected chi connectivity index (χ1v) is 13.3. The molecule has 3 aromatic rings. The van der Waals surface area contributed by atoms with Crippen molar-refractivity contribution in [1.29, 1.82) is 5.26 Å². The van der Waals surface area contributed by atoms with Crippen molar-refractivity contribution in [2.45, 2.75) is 53.2 Å². The van der Waals surface area contributed by atoms with Crippen LogP contribution in [0.5, 0.6) is 0 Å². The summed E-state index contributed by atoms with van der Waals surface area (Å²) < 4.78 is 7.77. The monoisotopic (exact) mass is 516 g/mol. The van der Waals surface area contributed by atoms with E-state index in [1.54, 1.807) is 24.7 Å². The van der Waals surface area contributed by atoms with Gasteiger partial charge in [-0.15, -0.1) is 0 Å². The number of ether oxygens (including phenoxy) is 1. The molecule has 2 aliphatic heterocycles. The SMILES string of the molecule is C[C@@H]1CN(c2cn(-c3cc(C#N)ccn3)c3ncnc(N4CCN(C(=O)CC(C)(C)C)C[C@@H]4C)c23)CCO1. The Bertz CT molecular complexity index is 1370. The normalized spacial score (nSPS) is 20.6. The van der Waals surface area contributed by atoms with E-state index in [0.717, 1.165) is 35.6 Å². The summed E-state index contributed by atoms with van der Waals surface area (Å²) in [7, 11) is 0. The highest BCUT2D eigenvalue weighted by molar-refractivity contribution is 6.00. The van der Waals surface area contributed by atoms with E-state index >= 15 is 0 Å². The molecule has 0 aliphatic carbocycles. The van der Waals surface area contributed by atoms with Gasteiger partial charge in [0.1, 0.15) is 18.0 Å². The van der Waals surface area contributed by atoms with E-state index in [9.17, 15) is 10.1 Å². The highest BCUT2D eigenvalue weighted by Crippen LogP contribution is 2.38. The molecule has 0 radical (unpaired) electrons. The van der Waals surface area contributed by atoms with Gasteiger partial charge in [0.2, 0.25) is 5.91 Å². The van der Waals surface area contributed by atoms with Gasteiger partial charge in [-0.05, 0) is 31.4 Å². The second-order valence-corrected chi connectivity index (χ2v) is 11.5. The van der Waals surface area contributed by atoms with Crippen LogP contribution in [0.1, 0.15) is 46.6 Å². The molecular formula is C28H36N8O2. The quantitative estimate of drug-likeness (QED) is 0.520. The number of carbonyl (C=O) groups is 1. The fourth-order valence-corrected chi connectivity index (χ4v) is 5.38. The Labute approximate surface area is 223 Å².